The van der Waals surface area contributed by atoms with Gasteiger partial charge in [-0.15, -0.1) is 0 Å². The number of fused-ring (bicyclic) bond motifs is 1. The third-order valence-electron chi connectivity index (χ3n) is 2.26. The lowest BCUT2D eigenvalue weighted by atomic mass is 10.2. The van der Waals surface area contributed by atoms with E-state index in [0.717, 1.165) is 29.6 Å². The van der Waals surface area contributed by atoms with Crippen molar-refractivity contribution < 1.29 is 0 Å². The first-order chi connectivity index (χ1) is 6.79. The van der Waals surface area contributed by atoms with Crippen LogP contribution in [-0.4, -0.2) is 9.97 Å². The molecule has 2 nitrogen and oxygen atoms in total. The Bertz CT molecular complexity index is 449. The molecule has 0 aliphatic rings. The maximum absolute atomic E-state index is 4.49. The van der Waals surface area contributed by atoms with Gasteiger partial charge in [0.05, 0.1) is 5.52 Å². The fourth-order valence-corrected chi connectivity index (χ4v) is 1.54. The van der Waals surface area contributed by atoms with Crippen LogP contribution in [0.2, 0.25) is 0 Å². The zero-order valence-corrected chi connectivity index (χ0v) is 8.62. The summed E-state index contributed by atoms with van der Waals surface area (Å²) in [6.45, 7) is 4.22. The number of benzene rings is 1. The first-order valence-corrected chi connectivity index (χ1v) is 5.02. The molecule has 2 heteroatoms. The minimum absolute atomic E-state index is 0.948. The Hall–Kier alpha value is -1.44. The van der Waals surface area contributed by atoms with Gasteiger partial charge in [-0.05, 0) is 25.5 Å². The summed E-state index contributed by atoms with van der Waals surface area (Å²) < 4.78 is 0. The highest BCUT2D eigenvalue weighted by Crippen LogP contribution is 2.12. The van der Waals surface area contributed by atoms with Crippen LogP contribution < -0.4 is 0 Å². The maximum atomic E-state index is 4.49. The van der Waals surface area contributed by atoms with Crippen molar-refractivity contribution in [2.75, 3.05) is 0 Å². The van der Waals surface area contributed by atoms with E-state index in [9.17, 15) is 0 Å². The number of aromatic nitrogens is 2. The largest absolute Gasteiger partial charge is 0.241 e. The average molecular weight is 186 g/mol. The third-order valence-corrected chi connectivity index (χ3v) is 2.26. The monoisotopic (exact) mass is 186 g/mol. The Labute approximate surface area is 84.0 Å². The minimum atomic E-state index is 0.948. The molecule has 0 saturated heterocycles. The SMILES string of the molecule is CCCc1ncc2cc(C)ccc2n1. The topological polar surface area (TPSA) is 25.8 Å². The fourth-order valence-electron chi connectivity index (χ4n) is 1.54. The van der Waals surface area contributed by atoms with Gasteiger partial charge in [0.1, 0.15) is 5.82 Å². The normalized spacial score (nSPS) is 10.7. The fraction of sp³-hybridized carbons (Fsp3) is 0.333. The van der Waals surface area contributed by atoms with Gasteiger partial charge in [-0.3, -0.25) is 0 Å². The molecule has 1 aromatic carbocycles. The van der Waals surface area contributed by atoms with Crippen LogP contribution in [-0.2, 0) is 6.42 Å². The number of nitrogens with zero attached hydrogens (tertiary/aromatic N) is 2. The van der Waals surface area contributed by atoms with E-state index in [1.165, 1.54) is 5.56 Å². The Morgan fingerprint density at radius 2 is 2.14 bits per heavy atom. The van der Waals surface area contributed by atoms with Crippen LogP contribution in [0.4, 0.5) is 0 Å². The molecule has 1 aromatic heterocycles. The molecule has 0 unspecified atom stereocenters. The number of hydrogen-bond acceptors (Lipinski definition) is 2. The number of rotatable bonds is 2. The van der Waals surface area contributed by atoms with Crippen molar-refractivity contribution >= 4 is 10.9 Å². The second kappa shape index (κ2) is 3.74. The van der Waals surface area contributed by atoms with Gasteiger partial charge in [0.15, 0.2) is 0 Å². The van der Waals surface area contributed by atoms with Crippen LogP contribution in [0, 0.1) is 6.92 Å². The molecule has 0 aliphatic heterocycles. The van der Waals surface area contributed by atoms with Crippen molar-refractivity contribution in [1.82, 2.24) is 9.97 Å². The van der Waals surface area contributed by atoms with E-state index < -0.39 is 0 Å². The Morgan fingerprint density at radius 1 is 1.29 bits per heavy atom. The van der Waals surface area contributed by atoms with E-state index in [4.69, 9.17) is 0 Å². The van der Waals surface area contributed by atoms with E-state index in [1.807, 2.05) is 6.20 Å². The van der Waals surface area contributed by atoms with Crippen LogP contribution in [0.3, 0.4) is 0 Å². The van der Waals surface area contributed by atoms with E-state index in [2.05, 4.69) is 42.0 Å². The molecule has 72 valence electrons. The van der Waals surface area contributed by atoms with Gasteiger partial charge in [-0.2, -0.15) is 0 Å². The molecule has 2 rings (SSSR count). The minimum Gasteiger partial charge on any atom is -0.241 e. The van der Waals surface area contributed by atoms with Gasteiger partial charge in [-0.1, -0.05) is 18.6 Å². The van der Waals surface area contributed by atoms with Crippen molar-refractivity contribution in [3.8, 4) is 0 Å². The Morgan fingerprint density at radius 3 is 2.93 bits per heavy atom. The maximum Gasteiger partial charge on any atom is 0.128 e. The van der Waals surface area contributed by atoms with Crippen molar-refractivity contribution in [2.24, 2.45) is 0 Å². The summed E-state index contributed by atoms with van der Waals surface area (Å²) in [5.41, 5.74) is 2.30. The summed E-state index contributed by atoms with van der Waals surface area (Å²) in [5.74, 6) is 0.948. The van der Waals surface area contributed by atoms with E-state index >= 15 is 0 Å². The highest BCUT2D eigenvalue weighted by molar-refractivity contribution is 5.78. The van der Waals surface area contributed by atoms with Crippen LogP contribution in [0.5, 0.6) is 0 Å². The number of hydrogen-bond donors (Lipinski definition) is 0. The van der Waals surface area contributed by atoms with Crippen LogP contribution >= 0.6 is 0 Å². The van der Waals surface area contributed by atoms with Crippen LogP contribution in [0.15, 0.2) is 24.4 Å². The zero-order chi connectivity index (χ0) is 9.97. The third kappa shape index (κ3) is 1.74. The molecule has 0 amide bonds. The first-order valence-electron chi connectivity index (χ1n) is 5.02. The molecule has 0 bridgehead atoms. The molecular weight excluding hydrogens is 172 g/mol. The smallest absolute Gasteiger partial charge is 0.128 e. The quantitative estimate of drug-likeness (QED) is 0.720. The van der Waals surface area contributed by atoms with Crippen molar-refractivity contribution in [3.05, 3.63) is 35.8 Å². The van der Waals surface area contributed by atoms with Crippen molar-refractivity contribution in [2.45, 2.75) is 26.7 Å². The average Bonchev–Trinajstić information content (AvgIpc) is 2.19. The molecular formula is C12H14N2. The molecule has 0 radical (unpaired) electrons. The Balaban J connectivity index is 2.50. The first kappa shape index (κ1) is 9.13. The molecule has 0 spiro atoms. The summed E-state index contributed by atoms with van der Waals surface area (Å²) in [7, 11) is 0. The van der Waals surface area contributed by atoms with Gasteiger partial charge in [0, 0.05) is 18.0 Å². The molecule has 0 aliphatic carbocycles. The number of aryl methyl sites for hydroxylation is 2. The van der Waals surface area contributed by atoms with Crippen molar-refractivity contribution in [3.63, 3.8) is 0 Å². The van der Waals surface area contributed by atoms with Crippen molar-refractivity contribution in [1.29, 1.82) is 0 Å². The van der Waals surface area contributed by atoms with Gasteiger partial charge >= 0.3 is 0 Å². The summed E-state index contributed by atoms with van der Waals surface area (Å²) in [6, 6.07) is 6.27. The lowest BCUT2D eigenvalue weighted by molar-refractivity contribution is 0.844. The zero-order valence-electron chi connectivity index (χ0n) is 8.62. The summed E-state index contributed by atoms with van der Waals surface area (Å²) in [4.78, 5) is 8.82. The highest BCUT2D eigenvalue weighted by Gasteiger charge is 1.98. The van der Waals surface area contributed by atoms with E-state index in [1.54, 1.807) is 0 Å². The predicted molar refractivity (Wildman–Crippen MR) is 58.3 cm³/mol. The second-order valence-electron chi connectivity index (χ2n) is 3.60. The van der Waals surface area contributed by atoms with Gasteiger partial charge in [-0.25, -0.2) is 9.97 Å². The molecule has 0 atom stereocenters. The standard InChI is InChI=1S/C12H14N2/c1-3-4-12-13-8-10-7-9(2)5-6-11(10)14-12/h5-8H,3-4H2,1-2H3. The molecule has 14 heavy (non-hydrogen) atoms. The van der Waals surface area contributed by atoms with E-state index in [0.29, 0.717) is 0 Å². The summed E-state index contributed by atoms with van der Waals surface area (Å²) in [5, 5.41) is 1.13. The van der Waals surface area contributed by atoms with Crippen LogP contribution in [0.1, 0.15) is 24.7 Å². The van der Waals surface area contributed by atoms with Gasteiger partial charge in [0.25, 0.3) is 0 Å². The highest BCUT2D eigenvalue weighted by atomic mass is 14.9. The van der Waals surface area contributed by atoms with Crippen LogP contribution in [0.25, 0.3) is 10.9 Å². The summed E-state index contributed by atoms with van der Waals surface area (Å²) in [6.07, 6.45) is 3.97. The lowest BCUT2D eigenvalue weighted by Crippen LogP contribution is -1.94. The molecule has 0 saturated carbocycles. The van der Waals surface area contributed by atoms with Gasteiger partial charge < -0.3 is 0 Å². The molecule has 0 N–H and O–H groups in total. The molecule has 2 aromatic rings. The van der Waals surface area contributed by atoms with Gasteiger partial charge in [0.2, 0.25) is 0 Å². The summed E-state index contributed by atoms with van der Waals surface area (Å²) >= 11 is 0. The van der Waals surface area contributed by atoms with E-state index in [-0.39, 0.29) is 0 Å². The lowest BCUT2D eigenvalue weighted by Gasteiger charge is -2.01. The molecule has 1 heterocycles. The Kier molecular flexibility index (Phi) is 2.44. The predicted octanol–water partition coefficient (Wildman–Crippen LogP) is 2.89. The second-order valence-corrected chi connectivity index (χ2v) is 3.60. The molecule has 0 fully saturated rings.